The smallest absolute Gasteiger partial charge is 0.138 e. The first-order chi connectivity index (χ1) is 12.3. The number of hydrogen-bond donors (Lipinski definition) is 1. The van der Waals surface area contributed by atoms with Crippen LogP contribution in [0.5, 0.6) is 5.75 Å². The summed E-state index contributed by atoms with van der Waals surface area (Å²) in [5.74, 6) is 0.750. The van der Waals surface area contributed by atoms with Gasteiger partial charge in [-0.3, -0.25) is 0 Å². The molecule has 0 aromatic heterocycles. The zero-order chi connectivity index (χ0) is 17.3. The van der Waals surface area contributed by atoms with Gasteiger partial charge in [0.05, 0.1) is 5.02 Å². The van der Waals surface area contributed by atoms with Crippen molar-refractivity contribution in [2.75, 3.05) is 0 Å². The van der Waals surface area contributed by atoms with Crippen LogP contribution in [0, 0.1) is 0 Å². The molecule has 0 unspecified atom stereocenters. The van der Waals surface area contributed by atoms with Gasteiger partial charge in [0, 0.05) is 12.6 Å². The lowest BCUT2D eigenvalue weighted by Gasteiger charge is -2.21. The first kappa shape index (κ1) is 18.3. The lowest BCUT2D eigenvalue weighted by Crippen LogP contribution is -2.29. The highest BCUT2D eigenvalue weighted by molar-refractivity contribution is 6.32. The van der Waals surface area contributed by atoms with E-state index in [0.29, 0.717) is 17.7 Å². The van der Waals surface area contributed by atoms with Crippen LogP contribution in [-0.4, -0.2) is 6.04 Å². The molecule has 1 N–H and O–H groups in total. The number of nitrogens with one attached hydrogen (secondary N) is 1. The third kappa shape index (κ3) is 6.05. The molecule has 0 heterocycles. The molecule has 1 aliphatic carbocycles. The van der Waals surface area contributed by atoms with Crippen molar-refractivity contribution in [1.29, 1.82) is 0 Å². The van der Waals surface area contributed by atoms with Gasteiger partial charge in [0.2, 0.25) is 0 Å². The van der Waals surface area contributed by atoms with Crippen molar-refractivity contribution >= 4 is 11.6 Å². The van der Waals surface area contributed by atoms with Crippen LogP contribution in [-0.2, 0) is 13.2 Å². The minimum Gasteiger partial charge on any atom is -0.487 e. The van der Waals surface area contributed by atoms with Gasteiger partial charge in [-0.15, -0.1) is 0 Å². The standard InChI is InChI=1S/C22H28ClNO/c23-21-15-19(16-24-20-11-7-2-1-3-8-12-20)13-14-22(21)25-17-18-9-5-4-6-10-18/h4-6,9-10,13-15,20,24H,1-3,7-8,11-12,16-17H2. The third-order valence-corrected chi connectivity index (χ3v) is 5.23. The second kappa shape index (κ2) is 9.84. The average molecular weight is 358 g/mol. The fraction of sp³-hybridized carbons (Fsp3) is 0.455. The van der Waals surface area contributed by atoms with Gasteiger partial charge in [-0.1, -0.05) is 80.1 Å². The van der Waals surface area contributed by atoms with E-state index in [1.165, 1.54) is 50.5 Å². The molecule has 0 spiro atoms. The van der Waals surface area contributed by atoms with Crippen molar-refractivity contribution in [3.63, 3.8) is 0 Å². The summed E-state index contributed by atoms with van der Waals surface area (Å²) in [5.41, 5.74) is 2.37. The Bertz CT molecular complexity index is 636. The van der Waals surface area contributed by atoms with Crippen LogP contribution in [0.4, 0.5) is 0 Å². The summed E-state index contributed by atoms with van der Waals surface area (Å²) in [7, 11) is 0. The highest BCUT2D eigenvalue weighted by Gasteiger charge is 2.11. The maximum atomic E-state index is 6.41. The highest BCUT2D eigenvalue weighted by Crippen LogP contribution is 2.26. The lowest BCUT2D eigenvalue weighted by atomic mass is 9.96. The molecule has 0 bridgehead atoms. The monoisotopic (exact) mass is 357 g/mol. The summed E-state index contributed by atoms with van der Waals surface area (Å²) < 4.78 is 5.85. The van der Waals surface area contributed by atoms with E-state index in [4.69, 9.17) is 16.3 Å². The predicted octanol–water partition coefficient (Wildman–Crippen LogP) is 6.12. The molecule has 2 nitrogen and oxygen atoms in total. The SMILES string of the molecule is Clc1cc(CNC2CCCCCCC2)ccc1OCc1ccccc1. The minimum atomic E-state index is 0.542. The van der Waals surface area contributed by atoms with Gasteiger partial charge in [0.25, 0.3) is 0 Å². The third-order valence-electron chi connectivity index (χ3n) is 4.93. The van der Waals surface area contributed by atoms with Gasteiger partial charge in [-0.2, -0.15) is 0 Å². The van der Waals surface area contributed by atoms with Gasteiger partial charge in [0.1, 0.15) is 12.4 Å². The molecule has 134 valence electrons. The zero-order valence-corrected chi connectivity index (χ0v) is 15.6. The fourth-order valence-electron chi connectivity index (χ4n) is 3.43. The van der Waals surface area contributed by atoms with Crippen molar-refractivity contribution in [3.05, 3.63) is 64.7 Å². The van der Waals surface area contributed by atoms with Gasteiger partial charge in [-0.25, -0.2) is 0 Å². The lowest BCUT2D eigenvalue weighted by molar-refractivity contribution is 0.306. The second-order valence-corrected chi connectivity index (χ2v) is 7.37. The van der Waals surface area contributed by atoms with E-state index in [9.17, 15) is 0 Å². The Morgan fingerprint density at radius 1 is 0.880 bits per heavy atom. The first-order valence-corrected chi connectivity index (χ1v) is 9.87. The maximum absolute atomic E-state index is 6.41. The molecule has 3 rings (SSSR count). The van der Waals surface area contributed by atoms with Crippen LogP contribution in [0.25, 0.3) is 0 Å². The molecule has 0 radical (unpaired) electrons. The molecule has 0 aliphatic heterocycles. The number of halogens is 1. The summed E-state index contributed by atoms with van der Waals surface area (Å²) in [6, 6.07) is 16.9. The Hall–Kier alpha value is -1.51. The zero-order valence-electron chi connectivity index (χ0n) is 14.8. The van der Waals surface area contributed by atoms with Gasteiger partial charge >= 0.3 is 0 Å². The molecular weight excluding hydrogens is 330 g/mol. The number of benzene rings is 2. The topological polar surface area (TPSA) is 21.3 Å². The van der Waals surface area contributed by atoms with Gasteiger partial charge < -0.3 is 10.1 Å². The van der Waals surface area contributed by atoms with E-state index in [1.54, 1.807) is 0 Å². The van der Waals surface area contributed by atoms with E-state index in [-0.39, 0.29) is 0 Å². The van der Waals surface area contributed by atoms with Crippen molar-refractivity contribution < 1.29 is 4.74 Å². The van der Waals surface area contributed by atoms with Crippen molar-refractivity contribution in [1.82, 2.24) is 5.32 Å². The van der Waals surface area contributed by atoms with Crippen LogP contribution in [0.1, 0.15) is 56.1 Å². The molecule has 3 heteroatoms. The fourth-order valence-corrected chi connectivity index (χ4v) is 3.69. The molecule has 0 atom stereocenters. The summed E-state index contributed by atoms with van der Waals surface area (Å²) in [6.07, 6.45) is 9.48. The predicted molar refractivity (Wildman–Crippen MR) is 105 cm³/mol. The van der Waals surface area contributed by atoms with E-state index in [1.807, 2.05) is 30.3 Å². The van der Waals surface area contributed by atoms with Gasteiger partial charge in [0.15, 0.2) is 0 Å². The molecule has 1 aliphatic rings. The minimum absolute atomic E-state index is 0.542. The van der Waals surface area contributed by atoms with Crippen LogP contribution in [0.15, 0.2) is 48.5 Å². The summed E-state index contributed by atoms with van der Waals surface area (Å²) in [5, 5.41) is 4.40. The Labute approximate surface area is 156 Å². The van der Waals surface area contributed by atoms with Crippen LogP contribution in [0.3, 0.4) is 0 Å². The summed E-state index contributed by atoms with van der Waals surface area (Å²) >= 11 is 6.41. The van der Waals surface area contributed by atoms with E-state index in [0.717, 1.165) is 17.9 Å². The van der Waals surface area contributed by atoms with Crippen molar-refractivity contribution in [2.45, 2.75) is 64.1 Å². The number of hydrogen-bond acceptors (Lipinski definition) is 2. The Morgan fingerprint density at radius 2 is 1.60 bits per heavy atom. The van der Waals surface area contributed by atoms with Crippen molar-refractivity contribution in [2.24, 2.45) is 0 Å². The van der Waals surface area contributed by atoms with E-state index in [2.05, 4.69) is 23.5 Å². The quantitative estimate of drug-likeness (QED) is 0.672. The normalized spacial score (nSPS) is 16.2. The number of ether oxygens (including phenoxy) is 1. The molecule has 1 saturated carbocycles. The van der Waals surface area contributed by atoms with E-state index < -0.39 is 0 Å². The molecule has 25 heavy (non-hydrogen) atoms. The van der Waals surface area contributed by atoms with Crippen LogP contribution < -0.4 is 10.1 Å². The molecule has 0 amide bonds. The Balaban J connectivity index is 1.50. The van der Waals surface area contributed by atoms with Gasteiger partial charge in [-0.05, 0) is 36.1 Å². The van der Waals surface area contributed by atoms with Crippen LogP contribution in [0.2, 0.25) is 5.02 Å². The molecular formula is C22H28ClNO. The molecule has 0 saturated heterocycles. The molecule has 2 aromatic rings. The summed E-state index contributed by atoms with van der Waals surface area (Å²) in [6.45, 7) is 1.42. The van der Waals surface area contributed by atoms with Crippen molar-refractivity contribution in [3.8, 4) is 5.75 Å². The molecule has 2 aromatic carbocycles. The largest absolute Gasteiger partial charge is 0.487 e. The highest BCUT2D eigenvalue weighted by atomic mass is 35.5. The molecule has 1 fully saturated rings. The summed E-state index contributed by atoms with van der Waals surface area (Å²) in [4.78, 5) is 0. The van der Waals surface area contributed by atoms with Crippen LogP contribution >= 0.6 is 11.6 Å². The second-order valence-electron chi connectivity index (χ2n) is 6.96. The average Bonchev–Trinajstić information content (AvgIpc) is 2.61. The number of rotatable bonds is 6. The van der Waals surface area contributed by atoms with E-state index >= 15 is 0 Å². The Kier molecular flexibility index (Phi) is 7.20. The maximum Gasteiger partial charge on any atom is 0.138 e. The first-order valence-electron chi connectivity index (χ1n) is 9.50. The Morgan fingerprint density at radius 3 is 2.32 bits per heavy atom.